The first-order valence-corrected chi connectivity index (χ1v) is 3.42. The van der Waals surface area contributed by atoms with Crippen LogP contribution in [-0.4, -0.2) is 22.2 Å². The van der Waals surface area contributed by atoms with Crippen LogP contribution in [-0.2, 0) is 9.59 Å². The van der Waals surface area contributed by atoms with E-state index in [1.165, 1.54) is 0 Å². The zero-order valence-corrected chi connectivity index (χ0v) is 6.33. The van der Waals surface area contributed by atoms with Crippen LogP contribution in [0.15, 0.2) is 23.3 Å². The molecular weight excluding hydrogens is 160 g/mol. The first-order valence-electron chi connectivity index (χ1n) is 3.42. The normalized spacial score (nSPS) is 15.3. The third-order valence-corrected chi connectivity index (χ3v) is 1.87. The van der Waals surface area contributed by atoms with Crippen LogP contribution in [0.25, 0.3) is 0 Å². The minimum atomic E-state index is -1.15. The lowest BCUT2D eigenvalue weighted by Gasteiger charge is -2.20. The molecule has 2 N–H and O–H groups in total. The Balaban J connectivity index is 2.91. The van der Waals surface area contributed by atoms with Gasteiger partial charge in [0, 0.05) is 5.57 Å². The lowest BCUT2D eigenvalue weighted by molar-refractivity contribution is -0.133. The molecule has 0 unspecified atom stereocenters. The van der Waals surface area contributed by atoms with Crippen LogP contribution in [0.1, 0.15) is 12.8 Å². The molecule has 0 aromatic heterocycles. The fraction of sp³-hybridized carbons (Fsp3) is 0.250. The molecule has 0 aromatic carbocycles. The van der Waals surface area contributed by atoms with Gasteiger partial charge < -0.3 is 10.2 Å². The van der Waals surface area contributed by atoms with E-state index in [0.717, 1.165) is 0 Å². The van der Waals surface area contributed by atoms with E-state index >= 15 is 0 Å². The Labute approximate surface area is 68.8 Å². The maximum atomic E-state index is 10.4. The van der Waals surface area contributed by atoms with Crippen molar-refractivity contribution in [2.45, 2.75) is 12.8 Å². The Hall–Kier alpha value is -1.58. The molecule has 0 spiro atoms. The van der Waals surface area contributed by atoms with Gasteiger partial charge in [-0.15, -0.1) is 0 Å². The average Bonchev–Trinajstić information content (AvgIpc) is 1.82. The molecule has 4 nitrogen and oxygen atoms in total. The van der Waals surface area contributed by atoms with E-state index in [2.05, 4.69) is 6.58 Å². The molecule has 0 saturated carbocycles. The third-order valence-electron chi connectivity index (χ3n) is 1.87. The van der Waals surface area contributed by atoms with E-state index in [1.54, 1.807) is 0 Å². The van der Waals surface area contributed by atoms with Gasteiger partial charge in [-0.2, -0.15) is 0 Å². The molecule has 0 radical (unpaired) electrons. The van der Waals surface area contributed by atoms with Crippen LogP contribution >= 0.6 is 0 Å². The summed E-state index contributed by atoms with van der Waals surface area (Å²) in [5.74, 6) is -2.19. The van der Waals surface area contributed by atoms with Gasteiger partial charge in [0.1, 0.15) is 0 Å². The molecule has 1 rings (SSSR count). The van der Waals surface area contributed by atoms with Gasteiger partial charge in [0.2, 0.25) is 0 Å². The van der Waals surface area contributed by atoms with Crippen molar-refractivity contribution in [3.63, 3.8) is 0 Å². The van der Waals surface area contributed by atoms with E-state index in [0.29, 0.717) is 18.4 Å². The highest BCUT2D eigenvalue weighted by molar-refractivity contribution is 5.98. The van der Waals surface area contributed by atoms with Crippen LogP contribution in [0.5, 0.6) is 0 Å². The molecule has 0 fully saturated rings. The summed E-state index contributed by atoms with van der Waals surface area (Å²) in [6, 6.07) is 0. The summed E-state index contributed by atoms with van der Waals surface area (Å²) in [4.78, 5) is 20.8. The summed E-state index contributed by atoms with van der Waals surface area (Å²) in [6.45, 7) is 3.29. The summed E-state index contributed by atoms with van der Waals surface area (Å²) >= 11 is 0. The number of hydrogen-bond donors (Lipinski definition) is 2. The van der Waals surface area contributed by atoms with Crippen molar-refractivity contribution < 1.29 is 19.8 Å². The Kier molecular flexibility index (Phi) is 1.99. The van der Waals surface area contributed by atoms with Crippen LogP contribution < -0.4 is 0 Å². The topological polar surface area (TPSA) is 74.6 Å². The SMILES string of the molecule is C=C(C(=O)O)C1=C(C(=O)O)CC1. The Morgan fingerprint density at radius 3 is 1.92 bits per heavy atom. The Bertz CT molecular complexity index is 298. The second-order valence-electron chi connectivity index (χ2n) is 2.55. The first kappa shape index (κ1) is 8.52. The highest BCUT2D eigenvalue weighted by Gasteiger charge is 2.27. The zero-order chi connectivity index (χ0) is 9.30. The van der Waals surface area contributed by atoms with Crippen LogP contribution in [0.2, 0.25) is 0 Å². The highest BCUT2D eigenvalue weighted by Crippen LogP contribution is 2.32. The number of hydrogen-bond acceptors (Lipinski definition) is 2. The minimum Gasteiger partial charge on any atom is -0.478 e. The fourth-order valence-electron chi connectivity index (χ4n) is 1.07. The predicted octanol–water partition coefficient (Wildman–Crippen LogP) is 0.802. The fourth-order valence-corrected chi connectivity index (χ4v) is 1.07. The summed E-state index contributed by atoms with van der Waals surface area (Å²) in [7, 11) is 0. The van der Waals surface area contributed by atoms with Gasteiger partial charge >= 0.3 is 11.9 Å². The number of carboxylic acid groups (broad SMARTS) is 2. The first-order chi connectivity index (χ1) is 5.54. The number of carboxylic acids is 2. The molecule has 0 heterocycles. The largest absolute Gasteiger partial charge is 0.478 e. The van der Waals surface area contributed by atoms with Gasteiger partial charge in [-0.3, -0.25) is 0 Å². The van der Waals surface area contributed by atoms with E-state index < -0.39 is 11.9 Å². The van der Waals surface area contributed by atoms with Crippen molar-refractivity contribution >= 4 is 11.9 Å². The molecule has 0 atom stereocenters. The Morgan fingerprint density at radius 2 is 1.67 bits per heavy atom. The van der Waals surface area contributed by atoms with Crippen LogP contribution in [0.3, 0.4) is 0 Å². The summed E-state index contributed by atoms with van der Waals surface area (Å²) < 4.78 is 0. The quantitative estimate of drug-likeness (QED) is 0.611. The second-order valence-corrected chi connectivity index (χ2v) is 2.55. The predicted molar refractivity (Wildman–Crippen MR) is 40.7 cm³/mol. The van der Waals surface area contributed by atoms with E-state index in [9.17, 15) is 9.59 Å². The highest BCUT2D eigenvalue weighted by atomic mass is 16.4. The summed E-state index contributed by atoms with van der Waals surface area (Å²) in [6.07, 6.45) is 0.948. The molecule has 1 aliphatic rings. The molecule has 4 heteroatoms. The molecule has 0 aromatic rings. The molecule has 0 bridgehead atoms. The van der Waals surface area contributed by atoms with E-state index in [4.69, 9.17) is 10.2 Å². The smallest absolute Gasteiger partial charge is 0.335 e. The van der Waals surface area contributed by atoms with E-state index in [-0.39, 0.29) is 11.1 Å². The third kappa shape index (κ3) is 1.23. The van der Waals surface area contributed by atoms with Gasteiger partial charge in [0.25, 0.3) is 0 Å². The van der Waals surface area contributed by atoms with Gasteiger partial charge in [0.15, 0.2) is 0 Å². The second kappa shape index (κ2) is 2.81. The van der Waals surface area contributed by atoms with Crippen molar-refractivity contribution in [2.75, 3.05) is 0 Å². The molecule has 0 amide bonds. The molecule has 12 heavy (non-hydrogen) atoms. The lowest BCUT2D eigenvalue weighted by atomic mass is 9.84. The van der Waals surface area contributed by atoms with Gasteiger partial charge in [-0.25, -0.2) is 9.59 Å². The van der Waals surface area contributed by atoms with Crippen molar-refractivity contribution in [1.29, 1.82) is 0 Å². The Morgan fingerprint density at radius 1 is 1.17 bits per heavy atom. The molecule has 0 saturated heterocycles. The van der Waals surface area contributed by atoms with Crippen molar-refractivity contribution in [3.8, 4) is 0 Å². The van der Waals surface area contributed by atoms with Gasteiger partial charge in [0.05, 0.1) is 5.57 Å². The van der Waals surface area contributed by atoms with Gasteiger partial charge in [-0.1, -0.05) is 6.58 Å². The lowest BCUT2D eigenvalue weighted by Crippen LogP contribution is -2.17. The zero-order valence-electron chi connectivity index (χ0n) is 6.33. The van der Waals surface area contributed by atoms with Crippen molar-refractivity contribution in [1.82, 2.24) is 0 Å². The molecule has 0 aliphatic heterocycles. The monoisotopic (exact) mass is 168 g/mol. The minimum absolute atomic E-state index is 0.0985. The van der Waals surface area contributed by atoms with Crippen LogP contribution in [0, 0.1) is 0 Å². The maximum absolute atomic E-state index is 10.4. The van der Waals surface area contributed by atoms with Crippen molar-refractivity contribution in [3.05, 3.63) is 23.3 Å². The average molecular weight is 168 g/mol. The molecule has 64 valence electrons. The van der Waals surface area contributed by atoms with Gasteiger partial charge in [-0.05, 0) is 18.4 Å². The van der Waals surface area contributed by atoms with Crippen molar-refractivity contribution in [2.24, 2.45) is 0 Å². The van der Waals surface area contributed by atoms with E-state index in [1.807, 2.05) is 0 Å². The maximum Gasteiger partial charge on any atom is 0.335 e. The number of rotatable bonds is 3. The summed E-state index contributed by atoms with van der Waals surface area (Å²) in [5.41, 5.74) is 0.455. The number of carbonyl (C=O) groups is 2. The standard InChI is InChI=1S/C8H8O4/c1-4(7(9)10)5-2-3-6(5)8(11)12/h1-3H2,(H,9,10)(H,11,12). The summed E-state index contributed by atoms with van der Waals surface area (Å²) in [5, 5.41) is 17.0. The number of aliphatic carboxylic acids is 2. The molecule has 1 aliphatic carbocycles. The molecular formula is C8H8O4. The van der Waals surface area contributed by atoms with Crippen LogP contribution in [0.4, 0.5) is 0 Å².